The van der Waals surface area contributed by atoms with Crippen LogP contribution < -0.4 is 10.2 Å². The molecule has 2 aromatic rings. The van der Waals surface area contributed by atoms with Crippen LogP contribution in [0.2, 0.25) is 0 Å². The monoisotopic (exact) mass is 360 g/mol. The molecule has 2 aromatic heterocycles. The van der Waals surface area contributed by atoms with E-state index < -0.39 is 0 Å². The summed E-state index contributed by atoms with van der Waals surface area (Å²) < 4.78 is 1.89. The lowest BCUT2D eigenvalue weighted by molar-refractivity contribution is -0.122. The maximum atomic E-state index is 11.8. The third kappa shape index (κ3) is 3.58. The van der Waals surface area contributed by atoms with Gasteiger partial charge in [0, 0.05) is 25.6 Å². The van der Waals surface area contributed by atoms with Crippen LogP contribution in [0.25, 0.3) is 11.0 Å². The summed E-state index contributed by atoms with van der Waals surface area (Å²) in [7, 11) is 0. The first-order valence-electron chi connectivity index (χ1n) is 9.06. The summed E-state index contributed by atoms with van der Waals surface area (Å²) in [6.07, 6.45) is 9.63. The van der Waals surface area contributed by atoms with Gasteiger partial charge in [-0.3, -0.25) is 4.79 Å². The van der Waals surface area contributed by atoms with Gasteiger partial charge in [-0.05, 0) is 38.4 Å². The maximum Gasteiger partial charge on any atom is 0.223 e. The average molecular weight is 360 g/mol. The highest BCUT2D eigenvalue weighted by Crippen LogP contribution is 2.29. The second-order valence-electron chi connectivity index (χ2n) is 6.75. The van der Waals surface area contributed by atoms with Crippen molar-refractivity contribution in [2.24, 2.45) is 5.92 Å². The summed E-state index contributed by atoms with van der Waals surface area (Å²) in [5, 5.41) is 9.29. The molecule has 2 aliphatic rings. The zero-order chi connectivity index (χ0) is 17.2. The Morgan fingerprint density at radius 3 is 2.80 bits per heavy atom. The number of hydrogen-bond acceptors (Lipinski definition) is 6. The molecule has 25 heavy (non-hydrogen) atoms. The molecule has 1 aliphatic heterocycles. The highest BCUT2D eigenvalue weighted by Gasteiger charge is 2.29. The fourth-order valence-electron chi connectivity index (χ4n) is 3.30. The minimum atomic E-state index is 0.171. The number of carbonyl (C=O) groups is 1. The van der Waals surface area contributed by atoms with E-state index in [0.717, 1.165) is 47.9 Å². The van der Waals surface area contributed by atoms with Crippen LogP contribution in [0, 0.1) is 5.92 Å². The Labute approximate surface area is 151 Å². The van der Waals surface area contributed by atoms with Gasteiger partial charge in [0.1, 0.15) is 5.82 Å². The topological polar surface area (TPSA) is 75.9 Å². The molecule has 0 unspecified atom stereocenters. The van der Waals surface area contributed by atoms with E-state index >= 15 is 0 Å². The van der Waals surface area contributed by atoms with Crippen molar-refractivity contribution in [1.29, 1.82) is 0 Å². The Morgan fingerprint density at radius 2 is 2.08 bits per heavy atom. The van der Waals surface area contributed by atoms with Gasteiger partial charge in [-0.2, -0.15) is 5.10 Å². The van der Waals surface area contributed by atoms with Crippen LogP contribution in [0.15, 0.2) is 11.4 Å². The largest absolute Gasteiger partial charge is 0.356 e. The van der Waals surface area contributed by atoms with E-state index in [1.165, 1.54) is 19.3 Å². The van der Waals surface area contributed by atoms with E-state index in [4.69, 9.17) is 4.98 Å². The van der Waals surface area contributed by atoms with Gasteiger partial charge in [0.25, 0.3) is 0 Å². The Morgan fingerprint density at radius 1 is 1.28 bits per heavy atom. The van der Waals surface area contributed by atoms with Crippen molar-refractivity contribution < 1.29 is 4.79 Å². The molecule has 1 saturated heterocycles. The molecule has 8 heteroatoms. The lowest BCUT2D eigenvalue weighted by atomic mass is 10.1. The fourth-order valence-corrected chi connectivity index (χ4v) is 3.65. The molecule has 0 spiro atoms. The first kappa shape index (κ1) is 16.6. The molecule has 134 valence electrons. The van der Waals surface area contributed by atoms with Crippen LogP contribution in [0.1, 0.15) is 32.1 Å². The smallest absolute Gasteiger partial charge is 0.223 e. The van der Waals surface area contributed by atoms with E-state index in [-0.39, 0.29) is 11.8 Å². The standard InChI is InChI=1S/C17H24N6OS/c1-25-17-20-14(22-8-3-2-4-9-22)13-11-19-23(15(13)21-17)10-7-18-16(24)12-5-6-12/h11-12H,2-10H2,1H3,(H,18,24). The predicted octanol–water partition coefficient (Wildman–Crippen LogP) is 2.06. The summed E-state index contributed by atoms with van der Waals surface area (Å²) >= 11 is 1.56. The lowest BCUT2D eigenvalue weighted by Gasteiger charge is -2.28. The van der Waals surface area contributed by atoms with Gasteiger partial charge in [0.05, 0.1) is 18.1 Å². The minimum absolute atomic E-state index is 0.171. The zero-order valence-electron chi connectivity index (χ0n) is 14.6. The first-order chi connectivity index (χ1) is 12.3. The number of fused-ring (bicyclic) bond motifs is 1. The average Bonchev–Trinajstić information content (AvgIpc) is 3.43. The van der Waals surface area contributed by atoms with Crippen molar-refractivity contribution >= 4 is 34.5 Å². The number of rotatable bonds is 6. The maximum absolute atomic E-state index is 11.8. The number of nitrogens with zero attached hydrogens (tertiary/aromatic N) is 5. The molecule has 7 nitrogen and oxygen atoms in total. The number of carbonyl (C=O) groups excluding carboxylic acids is 1. The van der Waals surface area contributed by atoms with Crippen LogP contribution in [-0.2, 0) is 11.3 Å². The number of amides is 1. The number of piperidine rings is 1. The van der Waals surface area contributed by atoms with E-state index in [9.17, 15) is 4.79 Å². The summed E-state index contributed by atoms with van der Waals surface area (Å²) in [5.41, 5.74) is 0.862. The first-order valence-corrected chi connectivity index (χ1v) is 10.3. The van der Waals surface area contributed by atoms with E-state index in [1.807, 2.05) is 17.1 Å². The summed E-state index contributed by atoms with van der Waals surface area (Å²) in [4.78, 5) is 23.6. The number of hydrogen-bond donors (Lipinski definition) is 1. The van der Waals surface area contributed by atoms with Crippen LogP contribution in [0.5, 0.6) is 0 Å². The predicted molar refractivity (Wildman–Crippen MR) is 98.9 cm³/mol. The summed E-state index contributed by atoms with van der Waals surface area (Å²) in [5.74, 6) is 1.41. The van der Waals surface area contributed by atoms with Gasteiger partial charge >= 0.3 is 0 Å². The quantitative estimate of drug-likeness (QED) is 0.628. The van der Waals surface area contributed by atoms with E-state index in [1.54, 1.807) is 11.8 Å². The van der Waals surface area contributed by atoms with Gasteiger partial charge in [0.2, 0.25) is 5.91 Å². The second kappa shape index (κ2) is 7.19. The van der Waals surface area contributed by atoms with Crippen molar-refractivity contribution in [1.82, 2.24) is 25.1 Å². The van der Waals surface area contributed by atoms with Crippen molar-refractivity contribution in [2.75, 3.05) is 30.8 Å². The molecule has 1 saturated carbocycles. The minimum Gasteiger partial charge on any atom is -0.356 e. The van der Waals surface area contributed by atoms with Gasteiger partial charge in [-0.1, -0.05) is 11.8 Å². The van der Waals surface area contributed by atoms with Crippen LogP contribution >= 0.6 is 11.8 Å². The summed E-state index contributed by atoms with van der Waals surface area (Å²) in [6.45, 7) is 3.31. The second-order valence-corrected chi connectivity index (χ2v) is 7.53. The molecule has 1 N–H and O–H groups in total. The Balaban J connectivity index is 1.56. The molecule has 1 amide bonds. The van der Waals surface area contributed by atoms with Crippen molar-refractivity contribution in [3.63, 3.8) is 0 Å². The number of anilines is 1. The van der Waals surface area contributed by atoms with Gasteiger partial charge in [0.15, 0.2) is 10.8 Å². The Hall–Kier alpha value is -1.83. The zero-order valence-corrected chi connectivity index (χ0v) is 15.4. The van der Waals surface area contributed by atoms with Crippen molar-refractivity contribution in [2.45, 2.75) is 43.8 Å². The van der Waals surface area contributed by atoms with E-state index in [0.29, 0.717) is 13.1 Å². The molecule has 4 rings (SSSR count). The van der Waals surface area contributed by atoms with Crippen LogP contribution in [0.3, 0.4) is 0 Å². The third-order valence-electron chi connectivity index (χ3n) is 4.86. The highest BCUT2D eigenvalue weighted by molar-refractivity contribution is 7.98. The molecular weight excluding hydrogens is 336 g/mol. The molecule has 0 bridgehead atoms. The Bertz CT molecular complexity index is 766. The van der Waals surface area contributed by atoms with Gasteiger partial charge in [-0.15, -0.1) is 0 Å². The van der Waals surface area contributed by atoms with Crippen LogP contribution in [0.4, 0.5) is 5.82 Å². The normalized spacial score (nSPS) is 17.9. The molecule has 0 atom stereocenters. The van der Waals surface area contributed by atoms with Crippen LogP contribution in [-0.4, -0.2) is 51.5 Å². The molecule has 0 radical (unpaired) electrons. The Kier molecular flexibility index (Phi) is 4.78. The molecular formula is C17H24N6OS. The number of aromatic nitrogens is 4. The van der Waals surface area contributed by atoms with E-state index in [2.05, 4.69) is 20.3 Å². The van der Waals surface area contributed by atoms with Gasteiger partial charge in [-0.25, -0.2) is 14.6 Å². The molecule has 2 fully saturated rings. The number of thioether (sulfide) groups is 1. The SMILES string of the molecule is CSc1nc(N2CCCCC2)c2cnn(CCNC(=O)C3CC3)c2n1. The molecule has 1 aliphatic carbocycles. The highest BCUT2D eigenvalue weighted by atomic mass is 32.2. The van der Waals surface area contributed by atoms with Crippen molar-refractivity contribution in [3.05, 3.63) is 6.20 Å². The van der Waals surface area contributed by atoms with Crippen molar-refractivity contribution in [3.8, 4) is 0 Å². The third-order valence-corrected chi connectivity index (χ3v) is 5.41. The molecule has 3 heterocycles. The summed E-state index contributed by atoms with van der Waals surface area (Å²) in [6, 6.07) is 0. The van der Waals surface area contributed by atoms with Gasteiger partial charge < -0.3 is 10.2 Å². The fraction of sp³-hybridized carbons (Fsp3) is 0.647. The lowest BCUT2D eigenvalue weighted by Crippen LogP contribution is -2.30. The number of nitrogens with one attached hydrogen (secondary N) is 1. The molecule has 0 aromatic carbocycles.